The van der Waals surface area contributed by atoms with Crippen LogP contribution >= 0.6 is 23.2 Å². The Labute approximate surface area is 173 Å². The van der Waals surface area contributed by atoms with Crippen molar-refractivity contribution >= 4 is 50.9 Å². The molecule has 2 aromatic rings. The van der Waals surface area contributed by atoms with Crippen LogP contribution in [0.15, 0.2) is 53.4 Å². The highest BCUT2D eigenvalue weighted by atomic mass is 35.5. The number of carbonyl (C=O) groups is 1. The van der Waals surface area contributed by atoms with Crippen LogP contribution in [0.2, 0.25) is 10.0 Å². The van der Waals surface area contributed by atoms with E-state index in [4.69, 9.17) is 27.9 Å². The molecule has 1 aliphatic rings. The number of sulfonamides is 1. The zero-order valence-electron chi connectivity index (χ0n) is 14.8. The molecule has 0 spiro atoms. The number of hydrogen-bond acceptors (Lipinski definition) is 4. The molecule has 6 nitrogen and oxygen atoms in total. The van der Waals surface area contributed by atoms with Crippen LogP contribution in [0, 0.1) is 0 Å². The van der Waals surface area contributed by atoms with E-state index >= 15 is 0 Å². The van der Waals surface area contributed by atoms with E-state index in [1.807, 2.05) is 0 Å². The van der Waals surface area contributed by atoms with Gasteiger partial charge in [-0.1, -0.05) is 35.3 Å². The van der Waals surface area contributed by atoms with Gasteiger partial charge in [0.1, 0.15) is 0 Å². The predicted molar refractivity (Wildman–Crippen MR) is 110 cm³/mol. The molecular formula is C19H18Cl2N2O4S. The number of benzene rings is 2. The number of ether oxygens (including phenoxy) is 1. The van der Waals surface area contributed by atoms with Crippen molar-refractivity contribution in [3.63, 3.8) is 0 Å². The molecule has 1 aliphatic heterocycles. The molecular weight excluding hydrogens is 423 g/mol. The molecule has 1 N–H and O–H groups in total. The van der Waals surface area contributed by atoms with E-state index in [1.165, 1.54) is 22.5 Å². The number of hydrogen-bond donors (Lipinski definition) is 1. The van der Waals surface area contributed by atoms with Crippen LogP contribution in [0.4, 0.5) is 5.69 Å². The summed E-state index contributed by atoms with van der Waals surface area (Å²) < 4.78 is 31.8. The van der Waals surface area contributed by atoms with E-state index in [0.717, 1.165) is 0 Å². The van der Waals surface area contributed by atoms with Crippen LogP contribution in [0.1, 0.15) is 5.56 Å². The summed E-state index contributed by atoms with van der Waals surface area (Å²) in [6.45, 7) is 1.49. The van der Waals surface area contributed by atoms with Gasteiger partial charge in [0.2, 0.25) is 15.9 Å². The van der Waals surface area contributed by atoms with Crippen LogP contribution in [0.25, 0.3) is 6.08 Å². The van der Waals surface area contributed by atoms with E-state index in [2.05, 4.69) is 5.32 Å². The van der Waals surface area contributed by atoms with E-state index in [9.17, 15) is 13.2 Å². The smallest absolute Gasteiger partial charge is 0.248 e. The fourth-order valence-electron chi connectivity index (χ4n) is 2.62. The third-order valence-corrected chi connectivity index (χ3v) is 6.75. The monoisotopic (exact) mass is 440 g/mol. The average Bonchev–Trinajstić information content (AvgIpc) is 2.70. The molecule has 1 heterocycles. The summed E-state index contributed by atoms with van der Waals surface area (Å²) in [4.78, 5) is 12.2. The zero-order chi connectivity index (χ0) is 20.1. The summed E-state index contributed by atoms with van der Waals surface area (Å²) in [7, 11) is -3.53. The highest BCUT2D eigenvalue weighted by Crippen LogP contribution is 2.25. The maximum absolute atomic E-state index is 12.6. The zero-order valence-corrected chi connectivity index (χ0v) is 17.1. The standard InChI is InChI=1S/C19H18Cl2N2O4S/c20-17-7-4-15(13-18(17)21)22-19(24)8-3-14-1-5-16(6-2-14)28(25,26)23-9-11-27-12-10-23/h1-8,13H,9-12H2,(H,22,24). The second kappa shape index (κ2) is 9.07. The summed E-state index contributed by atoms with van der Waals surface area (Å²) >= 11 is 11.8. The van der Waals surface area contributed by atoms with Crippen molar-refractivity contribution in [1.82, 2.24) is 4.31 Å². The summed E-state index contributed by atoms with van der Waals surface area (Å²) in [6, 6.07) is 11.2. The number of carbonyl (C=O) groups excluding carboxylic acids is 1. The molecule has 0 bridgehead atoms. The Hall–Kier alpha value is -1.90. The Bertz CT molecular complexity index is 985. The molecule has 0 aliphatic carbocycles. The van der Waals surface area contributed by atoms with Crippen molar-refractivity contribution in [1.29, 1.82) is 0 Å². The summed E-state index contributed by atoms with van der Waals surface area (Å²) in [5.41, 5.74) is 1.22. The fourth-order valence-corrected chi connectivity index (χ4v) is 4.32. The molecule has 2 aromatic carbocycles. The number of nitrogens with one attached hydrogen (secondary N) is 1. The second-order valence-electron chi connectivity index (χ2n) is 6.04. The third kappa shape index (κ3) is 5.12. The van der Waals surface area contributed by atoms with Crippen LogP contribution in [0.5, 0.6) is 0 Å². The summed E-state index contributed by atoms with van der Waals surface area (Å²) in [6.07, 6.45) is 2.95. The first kappa shape index (κ1) is 20.8. The quantitative estimate of drug-likeness (QED) is 0.719. The first-order valence-electron chi connectivity index (χ1n) is 8.48. The molecule has 0 atom stereocenters. The maximum Gasteiger partial charge on any atom is 0.248 e. The summed E-state index contributed by atoms with van der Waals surface area (Å²) in [5, 5.41) is 3.43. The number of halogens is 2. The van der Waals surface area contributed by atoms with Crippen LogP contribution in [0.3, 0.4) is 0 Å². The van der Waals surface area contributed by atoms with Gasteiger partial charge < -0.3 is 10.1 Å². The van der Waals surface area contributed by atoms with Gasteiger partial charge in [-0.2, -0.15) is 4.31 Å². The fraction of sp³-hybridized carbons (Fsp3) is 0.211. The topological polar surface area (TPSA) is 75.7 Å². The van der Waals surface area contributed by atoms with E-state index in [0.29, 0.717) is 47.6 Å². The first-order chi connectivity index (χ1) is 13.4. The van der Waals surface area contributed by atoms with Gasteiger partial charge in [0.05, 0.1) is 28.2 Å². The highest BCUT2D eigenvalue weighted by molar-refractivity contribution is 7.89. The normalized spacial score (nSPS) is 15.6. The number of anilines is 1. The van der Waals surface area contributed by atoms with Crippen LogP contribution in [-0.4, -0.2) is 44.9 Å². The Balaban J connectivity index is 1.64. The highest BCUT2D eigenvalue weighted by Gasteiger charge is 2.25. The van der Waals surface area contributed by atoms with Crippen molar-refractivity contribution in [3.05, 3.63) is 64.1 Å². The Morgan fingerprint density at radius 1 is 1.04 bits per heavy atom. The molecule has 9 heteroatoms. The lowest BCUT2D eigenvalue weighted by Crippen LogP contribution is -2.40. The van der Waals surface area contributed by atoms with E-state index in [1.54, 1.807) is 36.4 Å². The van der Waals surface area contributed by atoms with Gasteiger partial charge in [-0.3, -0.25) is 4.79 Å². The Kier molecular flexibility index (Phi) is 6.74. The van der Waals surface area contributed by atoms with Crippen LogP contribution < -0.4 is 5.32 Å². The molecule has 3 rings (SSSR count). The first-order valence-corrected chi connectivity index (χ1v) is 10.7. The van der Waals surface area contributed by atoms with Gasteiger partial charge in [0, 0.05) is 24.9 Å². The van der Waals surface area contributed by atoms with Gasteiger partial charge in [0.15, 0.2) is 0 Å². The van der Waals surface area contributed by atoms with Gasteiger partial charge in [-0.25, -0.2) is 8.42 Å². The lowest BCUT2D eigenvalue weighted by atomic mass is 10.2. The van der Waals surface area contributed by atoms with Crippen molar-refractivity contribution in [3.8, 4) is 0 Å². The van der Waals surface area contributed by atoms with Gasteiger partial charge in [-0.05, 0) is 42.0 Å². The SMILES string of the molecule is O=C(C=Cc1ccc(S(=O)(=O)N2CCOCC2)cc1)Nc1ccc(Cl)c(Cl)c1. The molecule has 148 valence electrons. The lowest BCUT2D eigenvalue weighted by molar-refractivity contribution is -0.111. The number of amides is 1. The molecule has 1 saturated heterocycles. The van der Waals surface area contributed by atoms with E-state index < -0.39 is 10.0 Å². The molecule has 28 heavy (non-hydrogen) atoms. The van der Waals surface area contributed by atoms with Crippen LogP contribution in [-0.2, 0) is 19.6 Å². The lowest BCUT2D eigenvalue weighted by Gasteiger charge is -2.26. The predicted octanol–water partition coefficient (Wildman–Crippen LogP) is 3.67. The largest absolute Gasteiger partial charge is 0.379 e. The minimum atomic E-state index is -3.53. The second-order valence-corrected chi connectivity index (χ2v) is 8.79. The molecule has 0 unspecified atom stereocenters. The third-order valence-electron chi connectivity index (χ3n) is 4.10. The number of morpholine rings is 1. The number of rotatable bonds is 5. The Morgan fingerprint density at radius 2 is 1.71 bits per heavy atom. The van der Waals surface area contributed by atoms with Crippen molar-refractivity contribution < 1.29 is 17.9 Å². The van der Waals surface area contributed by atoms with Gasteiger partial charge in [-0.15, -0.1) is 0 Å². The van der Waals surface area contributed by atoms with Crippen molar-refractivity contribution in [2.24, 2.45) is 0 Å². The average molecular weight is 441 g/mol. The maximum atomic E-state index is 12.6. The summed E-state index contributed by atoms with van der Waals surface area (Å²) in [5.74, 6) is -0.344. The van der Waals surface area contributed by atoms with Gasteiger partial charge in [0.25, 0.3) is 0 Å². The molecule has 0 aromatic heterocycles. The molecule has 0 radical (unpaired) electrons. The minimum Gasteiger partial charge on any atom is -0.379 e. The van der Waals surface area contributed by atoms with Crippen molar-refractivity contribution in [2.75, 3.05) is 31.6 Å². The minimum absolute atomic E-state index is 0.215. The molecule has 0 saturated carbocycles. The van der Waals surface area contributed by atoms with Crippen molar-refractivity contribution in [2.45, 2.75) is 4.90 Å². The molecule has 1 fully saturated rings. The molecule has 1 amide bonds. The number of nitrogens with zero attached hydrogens (tertiary/aromatic N) is 1. The Morgan fingerprint density at radius 3 is 2.36 bits per heavy atom. The van der Waals surface area contributed by atoms with E-state index in [-0.39, 0.29) is 10.8 Å². The van der Waals surface area contributed by atoms with Gasteiger partial charge >= 0.3 is 0 Å².